The van der Waals surface area contributed by atoms with E-state index < -0.39 is 0 Å². The maximum absolute atomic E-state index is 13.1. The number of hydrogen-bond donors (Lipinski definition) is 1. The number of halogens is 1. The third-order valence-corrected chi connectivity index (χ3v) is 5.83. The molecule has 0 aliphatic heterocycles. The average Bonchev–Trinajstić information content (AvgIpc) is 2.84. The second kappa shape index (κ2) is 9.88. The molecular weight excluding hydrogens is 434 g/mol. The Morgan fingerprint density at radius 1 is 1.03 bits per heavy atom. The van der Waals surface area contributed by atoms with Crippen LogP contribution in [-0.4, -0.2) is 48.1 Å². The van der Waals surface area contributed by atoms with Crippen LogP contribution in [0.5, 0.6) is 0 Å². The van der Waals surface area contributed by atoms with Crippen molar-refractivity contribution in [1.82, 2.24) is 14.9 Å². The Labute approximate surface area is 198 Å². The molecular formula is C26H26ClN5O. The molecule has 0 bridgehead atoms. The Hall–Kier alpha value is -3.64. The van der Waals surface area contributed by atoms with Crippen molar-refractivity contribution in [3.63, 3.8) is 0 Å². The molecule has 0 saturated heterocycles. The first-order chi connectivity index (χ1) is 16.0. The fourth-order valence-electron chi connectivity index (χ4n) is 3.53. The molecule has 33 heavy (non-hydrogen) atoms. The molecule has 4 aromatic rings. The molecule has 2 aromatic heterocycles. The normalized spacial score (nSPS) is 10.8. The van der Waals surface area contributed by atoms with Crippen molar-refractivity contribution < 1.29 is 4.79 Å². The number of nitrogens with zero attached hydrogens (tertiary/aromatic N) is 4. The summed E-state index contributed by atoms with van der Waals surface area (Å²) in [6.07, 6.45) is 3.40. The Morgan fingerprint density at radius 2 is 1.76 bits per heavy atom. The Bertz CT molecular complexity index is 1260. The number of aromatic nitrogens is 2. The van der Waals surface area contributed by atoms with Crippen LogP contribution in [0, 0.1) is 0 Å². The summed E-state index contributed by atoms with van der Waals surface area (Å²) < 4.78 is 0. The Kier molecular flexibility index (Phi) is 6.75. The van der Waals surface area contributed by atoms with E-state index in [1.807, 2.05) is 86.6 Å². The van der Waals surface area contributed by atoms with Gasteiger partial charge < -0.3 is 15.1 Å². The number of hydrogen-bond acceptors (Lipinski definition) is 5. The van der Waals surface area contributed by atoms with Crippen molar-refractivity contribution >= 4 is 39.8 Å². The molecule has 1 N–H and O–H groups in total. The lowest BCUT2D eigenvalue weighted by Gasteiger charge is -2.22. The summed E-state index contributed by atoms with van der Waals surface area (Å²) >= 11 is 6.41. The van der Waals surface area contributed by atoms with Crippen LogP contribution in [-0.2, 0) is 0 Å². The van der Waals surface area contributed by atoms with E-state index in [4.69, 9.17) is 11.6 Å². The topological polar surface area (TPSA) is 61.4 Å². The summed E-state index contributed by atoms with van der Waals surface area (Å²) in [5.41, 5.74) is 5.16. The van der Waals surface area contributed by atoms with Crippen LogP contribution in [0.4, 0.5) is 11.4 Å². The van der Waals surface area contributed by atoms with E-state index in [1.165, 1.54) is 0 Å². The monoisotopic (exact) mass is 459 g/mol. The molecule has 1 amide bonds. The van der Waals surface area contributed by atoms with E-state index in [2.05, 4.69) is 15.3 Å². The minimum Gasteiger partial charge on any atom is -0.378 e. The van der Waals surface area contributed by atoms with Gasteiger partial charge in [0, 0.05) is 60.9 Å². The summed E-state index contributed by atoms with van der Waals surface area (Å²) in [6.45, 7) is 2.99. The van der Waals surface area contributed by atoms with Crippen molar-refractivity contribution in [2.24, 2.45) is 0 Å². The smallest absolute Gasteiger partial charge is 0.255 e. The Balaban J connectivity index is 1.46. The van der Waals surface area contributed by atoms with Crippen LogP contribution in [0.15, 0.2) is 73.1 Å². The number of carbonyl (C=O) groups is 1. The van der Waals surface area contributed by atoms with Crippen LogP contribution in [0.3, 0.4) is 0 Å². The van der Waals surface area contributed by atoms with Gasteiger partial charge in [0.15, 0.2) is 0 Å². The lowest BCUT2D eigenvalue weighted by molar-refractivity contribution is 0.0776. The lowest BCUT2D eigenvalue weighted by atomic mass is 10.1. The van der Waals surface area contributed by atoms with Gasteiger partial charge in [-0.25, -0.2) is 4.98 Å². The van der Waals surface area contributed by atoms with Gasteiger partial charge in [-0.15, -0.1) is 0 Å². The molecule has 7 heteroatoms. The highest BCUT2D eigenvalue weighted by molar-refractivity contribution is 6.35. The van der Waals surface area contributed by atoms with Gasteiger partial charge in [-0.05, 0) is 55.5 Å². The molecule has 0 atom stereocenters. The molecule has 2 heterocycles. The van der Waals surface area contributed by atoms with E-state index in [0.29, 0.717) is 23.8 Å². The quantitative estimate of drug-likeness (QED) is 0.367. The van der Waals surface area contributed by atoms with Gasteiger partial charge in [0.1, 0.15) is 0 Å². The van der Waals surface area contributed by atoms with E-state index in [1.54, 1.807) is 17.3 Å². The zero-order valence-corrected chi connectivity index (χ0v) is 19.7. The second-order valence-corrected chi connectivity index (χ2v) is 8.30. The highest BCUT2D eigenvalue weighted by Gasteiger charge is 2.15. The molecule has 6 nitrogen and oxygen atoms in total. The van der Waals surface area contributed by atoms with Crippen LogP contribution < -0.4 is 10.2 Å². The zero-order chi connectivity index (χ0) is 23.4. The van der Waals surface area contributed by atoms with Crippen LogP contribution >= 0.6 is 11.6 Å². The van der Waals surface area contributed by atoms with Crippen LogP contribution in [0.2, 0.25) is 5.02 Å². The standard InChI is InChI=1S/C26H26ClN5O/c1-4-32(17-29-20-9-11-21(12-10-20)31(2)3)26(33)19-7-5-18(6-8-19)25-15-23(27)22-16-28-14-13-24(22)30-25/h5-16,29H,4,17H2,1-3H3. The van der Waals surface area contributed by atoms with Crippen molar-refractivity contribution in [2.45, 2.75) is 6.92 Å². The molecule has 168 valence electrons. The van der Waals surface area contributed by atoms with Gasteiger partial charge in [-0.1, -0.05) is 23.7 Å². The number of fused-ring (bicyclic) bond motifs is 1. The summed E-state index contributed by atoms with van der Waals surface area (Å²) in [5.74, 6) is -0.0305. The van der Waals surface area contributed by atoms with E-state index in [0.717, 1.165) is 33.5 Å². The summed E-state index contributed by atoms with van der Waals surface area (Å²) in [5, 5.41) is 4.75. The van der Waals surface area contributed by atoms with Gasteiger partial charge >= 0.3 is 0 Å². The van der Waals surface area contributed by atoms with Gasteiger partial charge in [-0.2, -0.15) is 0 Å². The van der Waals surface area contributed by atoms with E-state index in [9.17, 15) is 4.79 Å². The largest absolute Gasteiger partial charge is 0.378 e. The van der Waals surface area contributed by atoms with Crippen molar-refractivity contribution in [2.75, 3.05) is 37.5 Å². The van der Waals surface area contributed by atoms with E-state index >= 15 is 0 Å². The molecule has 0 aliphatic rings. The molecule has 2 aromatic carbocycles. The highest BCUT2D eigenvalue weighted by Crippen LogP contribution is 2.27. The summed E-state index contributed by atoms with van der Waals surface area (Å²) in [7, 11) is 4.01. The van der Waals surface area contributed by atoms with Gasteiger partial charge in [0.05, 0.1) is 22.9 Å². The SMILES string of the molecule is CCN(CNc1ccc(N(C)C)cc1)C(=O)c1ccc(-c2cc(Cl)c3cnccc3n2)cc1. The van der Waals surface area contributed by atoms with E-state index in [-0.39, 0.29) is 5.91 Å². The third-order valence-electron chi connectivity index (χ3n) is 5.51. The third kappa shape index (κ3) is 5.07. The second-order valence-electron chi connectivity index (χ2n) is 7.90. The first-order valence-electron chi connectivity index (χ1n) is 10.8. The number of nitrogens with one attached hydrogen (secondary N) is 1. The number of pyridine rings is 2. The van der Waals surface area contributed by atoms with Gasteiger partial charge in [0.25, 0.3) is 5.91 Å². The fraction of sp³-hybridized carbons (Fsp3) is 0.192. The number of anilines is 2. The van der Waals surface area contributed by atoms with Crippen molar-refractivity contribution in [3.05, 3.63) is 83.6 Å². The number of amides is 1. The molecule has 0 spiro atoms. The summed E-state index contributed by atoms with van der Waals surface area (Å²) in [4.78, 5) is 25.7. The maximum Gasteiger partial charge on any atom is 0.255 e. The number of rotatable bonds is 7. The minimum atomic E-state index is -0.0305. The maximum atomic E-state index is 13.1. The zero-order valence-electron chi connectivity index (χ0n) is 18.9. The average molecular weight is 460 g/mol. The minimum absolute atomic E-state index is 0.0305. The Morgan fingerprint density at radius 3 is 2.42 bits per heavy atom. The number of benzene rings is 2. The van der Waals surface area contributed by atoms with Crippen molar-refractivity contribution in [3.8, 4) is 11.3 Å². The van der Waals surface area contributed by atoms with Gasteiger partial charge in [-0.3, -0.25) is 9.78 Å². The highest BCUT2D eigenvalue weighted by atomic mass is 35.5. The predicted molar refractivity (Wildman–Crippen MR) is 136 cm³/mol. The fourth-order valence-corrected chi connectivity index (χ4v) is 3.78. The predicted octanol–water partition coefficient (Wildman–Crippen LogP) is 5.55. The summed E-state index contributed by atoms with van der Waals surface area (Å²) in [6, 6.07) is 19.2. The first-order valence-corrected chi connectivity index (χ1v) is 11.2. The molecule has 0 fully saturated rings. The first kappa shape index (κ1) is 22.6. The molecule has 4 rings (SSSR count). The van der Waals surface area contributed by atoms with Crippen LogP contribution in [0.1, 0.15) is 17.3 Å². The van der Waals surface area contributed by atoms with Crippen molar-refractivity contribution in [1.29, 1.82) is 0 Å². The molecule has 0 aliphatic carbocycles. The van der Waals surface area contributed by atoms with Crippen LogP contribution in [0.25, 0.3) is 22.2 Å². The molecule has 0 saturated carbocycles. The molecule has 0 unspecified atom stereocenters. The lowest BCUT2D eigenvalue weighted by Crippen LogP contribution is -2.35. The van der Waals surface area contributed by atoms with Gasteiger partial charge in [0.2, 0.25) is 0 Å². The number of carbonyl (C=O) groups excluding carboxylic acids is 1. The molecule has 0 radical (unpaired) electrons.